The zero-order valence-corrected chi connectivity index (χ0v) is 12.2. The third-order valence-electron chi connectivity index (χ3n) is 3.66. The van der Waals surface area contributed by atoms with E-state index in [2.05, 4.69) is 26.1 Å². The first-order chi connectivity index (χ1) is 9.24. The molecule has 1 saturated carbocycles. The van der Waals surface area contributed by atoms with Crippen molar-refractivity contribution in [3.8, 4) is 11.5 Å². The van der Waals surface area contributed by atoms with E-state index < -0.39 is 0 Å². The highest BCUT2D eigenvalue weighted by atomic mass is 79.9. The van der Waals surface area contributed by atoms with Gasteiger partial charge in [-0.2, -0.15) is 4.98 Å². The Balaban J connectivity index is 1.85. The maximum absolute atomic E-state index is 5.78. The maximum Gasteiger partial charge on any atom is 0.257 e. The Morgan fingerprint density at radius 2 is 2.00 bits per heavy atom. The van der Waals surface area contributed by atoms with E-state index in [-0.39, 0.29) is 0 Å². The van der Waals surface area contributed by atoms with E-state index in [9.17, 15) is 0 Å². The van der Waals surface area contributed by atoms with Crippen LogP contribution in [-0.2, 0) is 0 Å². The average molecular weight is 322 g/mol. The molecule has 1 aliphatic carbocycles. The highest BCUT2D eigenvalue weighted by Gasteiger charge is 2.21. The molecule has 2 N–H and O–H groups in total. The summed E-state index contributed by atoms with van der Waals surface area (Å²) < 4.78 is 6.23. The lowest BCUT2D eigenvalue weighted by atomic mass is 9.89. The Morgan fingerprint density at radius 3 is 2.74 bits per heavy atom. The molecule has 1 fully saturated rings. The van der Waals surface area contributed by atoms with Crippen molar-refractivity contribution >= 4 is 21.6 Å². The monoisotopic (exact) mass is 321 g/mol. The van der Waals surface area contributed by atoms with Crippen molar-refractivity contribution in [2.45, 2.75) is 38.0 Å². The predicted octanol–water partition coefficient (Wildman–Crippen LogP) is 4.13. The zero-order valence-electron chi connectivity index (χ0n) is 10.6. The van der Waals surface area contributed by atoms with Crippen molar-refractivity contribution in [3.05, 3.63) is 28.5 Å². The Bertz CT molecular complexity index is 576. The summed E-state index contributed by atoms with van der Waals surface area (Å²) in [7, 11) is 0. The van der Waals surface area contributed by atoms with Gasteiger partial charge in [-0.3, -0.25) is 0 Å². The van der Waals surface area contributed by atoms with E-state index in [1.165, 1.54) is 32.1 Å². The summed E-state index contributed by atoms with van der Waals surface area (Å²) in [4.78, 5) is 4.54. The molecule has 0 aliphatic heterocycles. The van der Waals surface area contributed by atoms with E-state index in [4.69, 9.17) is 10.3 Å². The minimum atomic E-state index is 0.462. The summed E-state index contributed by atoms with van der Waals surface area (Å²) in [6.45, 7) is 0. The minimum Gasteiger partial charge on any atom is -0.398 e. The first-order valence-electron chi connectivity index (χ1n) is 6.63. The Morgan fingerprint density at radius 1 is 1.21 bits per heavy atom. The lowest BCUT2D eigenvalue weighted by Gasteiger charge is -2.17. The molecule has 5 heteroatoms. The molecule has 0 radical (unpaired) electrons. The van der Waals surface area contributed by atoms with Crippen LogP contribution in [0, 0.1) is 0 Å². The molecular weight excluding hydrogens is 306 g/mol. The zero-order chi connectivity index (χ0) is 13.2. The van der Waals surface area contributed by atoms with E-state index in [1.807, 2.05) is 18.2 Å². The van der Waals surface area contributed by atoms with Crippen molar-refractivity contribution in [2.75, 3.05) is 5.73 Å². The third kappa shape index (κ3) is 2.66. The van der Waals surface area contributed by atoms with E-state index >= 15 is 0 Å². The summed E-state index contributed by atoms with van der Waals surface area (Å²) in [6.07, 6.45) is 6.20. The van der Waals surface area contributed by atoms with Crippen LogP contribution in [-0.4, -0.2) is 10.1 Å². The van der Waals surface area contributed by atoms with Crippen molar-refractivity contribution in [1.29, 1.82) is 0 Å². The summed E-state index contributed by atoms with van der Waals surface area (Å²) >= 11 is 3.41. The predicted molar refractivity (Wildman–Crippen MR) is 77.7 cm³/mol. The van der Waals surface area contributed by atoms with Gasteiger partial charge < -0.3 is 10.3 Å². The number of nitrogens with zero attached hydrogens (tertiary/aromatic N) is 2. The van der Waals surface area contributed by atoms with Crippen LogP contribution in [0.1, 0.15) is 43.8 Å². The summed E-state index contributed by atoms with van der Waals surface area (Å²) in [6, 6.07) is 5.65. The number of hydrogen-bond acceptors (Lipinski definition) is 4. The fraction of sp³-hybridized carbons (Fsp3) is 0.429. The van der Waals surface area contributed by atoms with Crippen molar-refractivity contribution < 1.29 is 4.52 Å². The van der Waals surface area contributed by atoms with Gasteiger partial charge in [0.25, 0.3) is 5.89 Å². The summed E-state index contributed by atoms with van der Waals surface area (Å²) in [5.41, 5.74) is 7.38. The van der Waals surface area contributed by atoms with Gasteiger partial charge in [0, 0.05) is 21.6 Å². The van der Waals surface area contributed by atoms with Crippen LogP contribution >= 0.6 is 15.9 Å². The summed E-state index contributed by atoms with van der Waals surface area (Å²) in [5.74, 6) is 1.88. The summed E-state index contributed by atoms with van der Waals surface area (Å²) in [5, 5.41) is 4.14. The Kier molecular flexibility index (Phi) is 3.55. The molecule has 0 bridgehead atoms. The topological polar surface area (TPSA) is 64.9 Å². The van der Waals surface area contributed by atoms with Crippen molar-refractivity contribution in [1.82, 2.24) is 10.1 Å². The molecule has 0 atom stereocenters. The van der Waals surface area contributed by atoms with Crippen LogP contribution in [0.3, 0.4) is 0 Å². The molecule has 0 unspecified atom stereocenters. The molecular formula is C14H16BrN3O. The molecule has 100 valence electrons. The molecule has 1 aromatic heterocycles. The van der Waals surface area contributed by atoms with Gasteiger partial charge in [-0.15, -0.1) is 0 Å². The lowest BCUT2D eigenvalue weighted by molar-refractivity contribution is 0.385. The van der Waals surface area contributed by atoms with Crippen LogP contribution in [0.25, 0.3) is 11.5 Å². The number of halogens is 1. The molecule has 2 aromatic rings. The molecule has 0 saturated heterocycles. The second-order valence-electron chi connectivity index (χ2n) is 5.03. The fourth-order valence-electron chi connectivity index (χ4n) is 2.54. The van der Waals surface area contributed by atoms with Crippen LogP contribution in [0.15, 0.2) is 27.2 Å². The van der Waals surface area contributed by atoms with Gasteiger partial charge in [0.1, 0.15) is 0 Å². The van der Waals surface area contributed by atoms with Crippen molar-refractivity contribution in [2.24, 2.45) is 0 Å². The standard InChI is InChI=1S/C14H16BrN3O/c15-11-8-10(6-7-12(11)16)14-17-13(18-19-14)9-4-2-1-3-5-9/h6-9H,1-5,16H2. The smallest absolute Gasteiger partial charge is 0.257 e. The van der Waals surface area contributed by atoms with E-state index in [0.717, 1.165) is 15.9 Å². The number of benzene rings is 1. The van der Waals surface area contributed by atoms with Gasteiger partial charge in [0.05, 0.1) is 0 Å². The first-order valence-corrected chi connectivity index (χ1v) is 7.42. The highest BCUT2D eigenvalue weighted by molar-refractivity contribution is 9.10. The molecule has 19 heavy (non-hydrogen) atoms. The van der Waals surface area contributed by atoms with Crippen LogP contribution in [0.4, 0.5) is 5.69 Å². The molecule has 0 amide bonds. The molecule has 1 aromatic carbocycles. The first kappa shape index (κ1) is 12.7. The van der Waals surface area contributed by atoms with E-state index in [0.29, 0.717) is 17.5 Å². The minimum absolute atomic E-state index is 0.462. The number of rotatable bonds is 2. The number of hydrogen-bond donors (Lipinski definition) is 1. The van der Waals surface area contributed by atoms with Gasteiger partial charge in [0.2, 0.25) is 0 Å². The largest absolute Gasteiger partial charge is 0.398 e. The van der Waals surface area contributed by atoms with Crippen LogP contribution < -0.4 is 5.73 Å². The number of anilines is 1. The second kappa shape index (κ2) is 5.33. The molecule has 0 spiro atoms. The number of nitrogens with two attached hydrogens (primary N) is 1. The van der Waals surface area contributed by atoms with Gasteiger partial charge in [-0.25, -0.2) is 0 Å². The molecule has 4 nitrogen and oxygen atoms in total. The fourth-order valence-corrected chi connectivity index (χ4v) is 2.92. The third-order valence-corrected chi connectivity index (χ3v) is 4.35. The number of nitrogen functional groups attached to an aromatic ring is 1. The Hall–Kier alpha value is -1.36. The average Bonchev–Trinajstić information content (AvgIpc) is 2.93. The van der Waals surface area contributed by atoms with E-state index in [1.54, 1.807) is 0 Å². The molecule has 1 aliphatic rings. The second-order valence-corrected chi connectivity index (χ2v) is 5.88. The lowest BCUT2D eigenvalue weighted by Crippen LogP contribution is -2.06. The van der Waals surface area contributed by atoms with Crippen LogP contribution in [0.2, 0.25) is 0 Å². The quantitative estimate of drug-likeness (QED) is 0.844. The van der Waals surface area contributed by atoms with Gasteiger partial charge in [-0.1, -0.05) is 24.4 Å². The van der Waals surface area contributed by atoms with Gasteiger partial charge in [-0.05, 0) is 47.0 Å². The van der Waals surface area contributed by atoms with Crippen LogP contribution in [0.5, 0.6) is 0 Å². The molecule has 1 heterocycles. The maximum atomic E-state index is 5.78. The SMILES string of the molecule is Nc1ccc(-c2nc(C3CCCCC3)no2)cc1Br. The van der Waals surface area contributed by atoms with Gasteiger partial charge in [0.15, 0.2) is 5.82 Å². The number of aromatic nitrogens is 2. The normalized spacial score (nSPS) is 16.7. The van der Waals surface area contributed by atoms with Gasteiger partial charge >= 0.3 is 0 Å². The highest BCUT2D eigenvalue weighted by Crippen LogP contribution is 2.32. The van der Waals surface area contributed by atoms with Crippen molar-refractivity contribution in [3.63, 3.8) is 0 Å². The Labute approximate surface area is 120 Å². The molecule has 3 rings (SSSR count).